The Labute approximate surface area is 148 Å². The number of fused-ring (bicyclic) bond motifs is 1. The maximum atomic E-state index is 12.5. The normalized spacial score (nSPS) is 10.6. The summed E-state index contributed by atoms with van der Waals surface area (Å²) in [6.45, 7) is 0. The summed E-state index contributed by atoms with van der Waals surface area (Å²) in [7, 11) is 1.52. The van der Waals surface area contributed by atoms with Crippen molar-refractivity contribution in [3.05, 3.63) is 59.4 Å². The van der Waals surface area contributed by atoms with E-state index in [0.29, 0.717) is 28.2 Å². The minimum absolute atomic E-state index is 0.117. The summed E-state index contributed by atoms with van der Waals surface area (Å²) in [6, 6.07) is 11.8. The van der Waals surface area contributed by atoms with Crippen molar-refractivity contribution in [2.45, 2.75) is 5.88 Å². The van der Waals surface area contributed by atoms with E-state index < -0.39 is 5.91 Å². The molecule has 25 heavy (non-hydrogen) atoms. The van der Waals surface area contributed by atoms with Crippen molar-refractivity contribution >= 4 is 40.1 Å². The molecule has 1 heterocycles. The Morgan fingerprint density at radius 2 is 1.92 bits per heavy atom. The highest BCUT2D eigenvalue weighted by Crippen LogP contribution is 2.33. The number of anilines is 1. The summed E-state index contributed by atoms with van der Waals surface area (Å²) in [6.07, 6.45) is 0. The lowest BCUT2D eigenvalue weighted by molar-refractivity contribution is 0.0977. The number of amides is 2. The predicted molar refractivity (Wildman–Crippen MR) is 95.2 cm³/mol. The van der Waals surface area contributed by atoms with Crippen molar-refractivity contribution in [1.82, 2.24) is 0 Å². The first kappa shape index (κ1) is 16.9. The molecule has 0 saturated heterocycles. The van der Waals surface area contributed by atoms with E-state index in [9.17, 15) is 9.59 Å². The fourth-order valence-electron chi connectivity index (χ4n) is 2.43. The Balaban J connectivity index is 1.99. The molecule has 3 aromatic rings. The van der Waals surface area contributed by atoms with Crippen LogP contribution in [-0.2, 0) is 5.88 Å². The number of nitrogens with one attached hydrogen (secondary N) is 1. The lowest BCUT2D eigenvalue weighted by Crippen LogP contribution is -2.17. The molecule has 0 radical (unpaired) electrons. The number of hydrogen-bond acceptors (Lipinski definition) is 4. The van der Waals surface area contributed by atoms with E-state index in [0.717, 1.165) is 5.56 Å². The maximum absolute atomic E-state index is 12.5. The molecule has 6 nitrogen and oxygen atoms in total. The molecule has 2 aromatic carbocycles. The van der Waals surface area contributed by atoms with Gasteiger partial charge in [-0.2, -0.15) is 0 Å². The zero-order valence-electron chi connectivity index (χ0n) is 13.3. The number of alkyl halides is 1. The van der Waals surface area contributed by atoms with Crippen LogP contribution >= 0.6 is 11.6 Å². The Hall–Kier alpha value is -2.99. The molecule has 3 N–H and O–H groups in total. The third kappa shape index (κ3) is 3.29. The molecule has 0 saturated carbocycles. The van der Waals surface area contributed by atoms with Gasteiger partial charge in [-0.1, -0.05) is 12.1 Å². The van der Waals surface area contributed by atoms with E-state index >= 15 is 0 Å². The van der Waals surface area contributed by atoms with Crippen LogP contribution in [0.25, 0.3) is 11.0 Å². The summed E-state index contributed by atoms with van der Waals surface area (Å²) in [4.78, 5) is 24.2. The Morgan fingerprint density at radius 1 is 1.20 bits per heavy atom. The van der Waals surface area contributed by atoms with Gasteiger partial charge in [-0.3, -0.25) is 9.59 Å². The number of carbonyl (C=O) groups is 2. The van der Waals surface area contributed by atoms with Gasteiger partial charge in [0.25, 0.3) is 11.8 Å². The van der Waals surface area contributed by atoms with Crippen LogP contribution in [0.1, 0.15) is 26.5 Å². The van der Waals surface area contributed by atoms with Crippen molar-refractivity contribution < 1.29 is 18.7 Å². The highest BCUT2D eigenvalue weighted by atomic mass is 35.5. The number of hydrogen-bond donors (Lipinski definition) is 2. The lowest BCUT2D eigenvalue weighted by atomic mass is 10.1. The fourth-order valence-corrected chi connectivity index (χ4v) is 2.61. The molecule has 1 aromatic heterocycles. The van der Waals surface area contributed by atoms with Gasteiger partial charge in [0.05, 0.1) is 7.11 Å². The van der Waals surface area contributed by atoms with Crippen molar-refractivity contribution in [1.29, 1.82) is 0 Å². The summed E-state index contributed by atoms with van der Waals surface area (Å²) < 4.78 is 10.6. The standard InChI is InChI=1S/C18H15ClN2O4/c1-24-12-6-7-13-14(8-12)25-16(17(20)22)15(13)21-18(23)11-4-2-10(9-19)3-5-11/h2-8H,9H2,1H3,(H2,20,22)(H,21,23). The van der Waals surface area contributed by atoms with Crippen LogP contribution in [0.3, 0.4) is 0 Å². The minimum atomic E-state index is -0.775. The Morgan fingerprint density at radius 3 is 2.52 bits per heavy atom. The van der Waals surface area contributed by atoms with E-state index in [-0.39, 0.29) is 17.4 Å². The van der Waals surface area contributed by atoms with Crippen LogP contribution in [0.2, 0.25) is 0 Å². The molecule has 0 atom stereocenters. The van der Waals surface area contributed by atoms with Crippen LogP contribution in [-0.4, -0.2) is 18.9 Å². The van der Waals surface area contributed by atoms with Crippen molar-refractivity contribution in [3.63, 3.8) is 0 Å². The van der Waals surface area contributed by atoms with E-state index in [1.807, 2.05) is 0 Å². The molecule has 3 rings (SSSR count). The number of methoxy groups -OCH3 is 1. The third-order valence-corrected chi connectivity index (χ3v) is 4.04. The lowest BCUT2D eigenvalue weighted by Gasteiger charge is -2.06. The van der Waals surface area contributed by atoms with Crippen LogP contribution in [0, 0.1) is 0 Å². The Bertz CT molecular complexity index is 948. The zero-order valence-corrected chi connectivity index (χ0v) is 14.1. The van der Waals surface area contributed by atoms with Gasteiger partial charge in [-0.05, 0) is 29.8 Å². The minimum Gasteiger partial charge on any atom is -0.497 e. The molecule has 0 unspecified atom stereocenters. The average Bonchev–Trinajstić information content (AvgIpc) is 2.99. The van der Waals surface area contributed by atoms with Crippen LogP contribution in [0.15, 0.2) is 46.9 Å². The van der Waals surface area contributed by atoms with Gasteiger partial charge in [0, 0.05) is 22.9 Å². The fraction of sp³-hybridized carbons (Fsp3) is 0.111. The molecule has 0 aliphatic carbocycles. The molecule has 0 bridgehead atoms. The smallest absolute Gasteiger partial charge is 0.286 e. The SMILES string of the molecule is COc1ccc2c(NC(=O)c3ccc(CCl)cc3)c(C(N)=O)oc2c1. The highest BCUT2D eigenvalue weighted by Gasteiger charge is 2.21. The summed E-state index contributed by atoms with van der Waals surface area (Å²) in [5.74, 6) is -0.354. The van der Waals surface area contributed by atoms with Gasteiger partial charge in [0.2, 0.25) is 5.76 Å². The first-order chi connectivity index (χ1) is 12.0. The van der Waals surface area contributed by atoms with Crippen molar-refractivity contribution in [3.8, 4) is 5.75 Å². The second-order valence-electron chi connectivity index (χ2n) is 5.32. The Kier molecular flexibility index (Phi) is 4.63. The van der Waals surface area contributed by atoms with Gasteiger partial charge in [0.1, 0.15) is 17.0 Å². The number of ether oxygens (including phenoxy) is 1. The van der Waals surface area contributed by atoms with Crippen LogP contribution < -0.4 is 15.8 Å². The molecular weight excluding hydrogens is 344 g/mol. The van der Waals surface area contributed by atoms with E-state index in [2.05, 4.69) is 5.32 Å². The number of benzene rings is 2. The second kappa shape index (κ2) is 6.86. The van der Waals surface area contributed by atoms with Crippen molar-refractivity contribution in [2.75, 3.05) is 12.4 Å². The third-order valence-electron chi connectivity index (χ3n) is 3.73. The zero-order chi connectivity index (χ0) is 18.0. The molecule has 0 aliphatic rings. The van der Waals surface area contributed by atoms with Gasteiger partial charge >= 0.3 is 0 Å². The molecule has 7 heteroatoms. The molecule has 128 valence electrons. The highest BCUT2D eigenvalue weighted by molar-refractivity contribution is 6.17. The molecule has 0 spiro atoms. The molecule has 0 fully saturated rings. The number of rotatable bonds is 5. The van der Waals surface area contributed by atoms with Crippen LogP contribution in [0.5, 0.6) is 5.75 Å². The van der Waals surface area contributed by atoms with Gasteiger partial charge in [-0.25, -0.2) is 0 Å². The van der Waals surface area contributed by atoms with Gasteiger partial charge in [-0.15, -0.1) is 11.6 Å². The molecule has 0 aliphatic heterocycles. The summed E-state index contributed by atoms with van der Waals surface area (Å²) >= 11 is 5.75. The topological polar surface area (TPSA) is 94.6 Å². The van der Waals surface area contributed by atoms with Crippen LogP contribution in [0.4, 0.5) is 5.69 Å². The van der Waals surface area contributed by atoms with Gasteiger partial charge in [0.15, 0.2) is 0 Å². The van der Waals surface area contributed by atoms with Crippen molar-refractivity contribution in [2.24, 2.45) is 5.73 Å². The largest absolute Gasteiger partial charge is 0.497 e. The first-order valence-electron chi connectivity index (χ1n) is 7.40. The second-order valence-corrected chi connectivity index (χ2v) is 5.58. The first-order valence-corrected chi connectivity index (χ1v) is 7.93. The summed E-state index contributed by atoms with van der Waals surface area (Å²) in [5.41, 5.74) is 7.32. The number of primary amides is 1. The number of nitrogens with two attached hydrogens (primary N) is 1. The summed E-state index contributed by atoms with van der Waals surface area (Å²) in [5, 5.41) is 3.25. The average molecular weight is 359 g/mol. The predicted octanol–water partition coefficient (Wildman–Crippen LogP) is 3.53. The molecular formula is C18H15ClN2O4. The van der Waals surface area contributed by atoms with Gasteiger partial charge < -0.3 is 20.2 Å². The maximum Gasteiger partial charge on any atom is 0.286 e. The number of furan rings is 1. The van der Waals surface area contributed by atoms with E-state index in [1.165, 1.54) is 7.11 Å². The number of halogens is 1. The number of carbonyl (C=O) groups excluding carboxylic acids is 2. The van der Waals surface area contributed by atoms with E-state index in [1.54, 1.807) is 42.5 Å². The quantitative estimate of drug-likeness (QED) is 0.682. The van der Waals surface area contributed by atoms with E-state index in [4.69, 9.17) is 26.5 Å². The monoisotopic (exact) mass is 358 g/mol. The molecule has 2 amide bonds.